The Bertz CT molecular complexity index is 457. The molecule has 0 saturated carbocycles. The van der Waals surface area contributed by atoms with Crippen molar-refractivity contribution >= 4 is 5.97 Å². The molecule has 1 aromatic rings. The first kappa shape index (κ1) is 14.9. The average Bonchev–Trinajstić information content (AvgIpc) is 2.44. The van der Waals surface area contributed by atoms with Crippen molar-refractivity contribution in [2.45, 2.75) is 44.9 Å². The maximum Gasteiger partial charge on any atom is 0.339 e. The minimum absolute atomic E-state index is 0.0575. The molecule has 1 N–H and O–H groups in total. The van der Waals surface area contributed by atoms with Gasteiger partial charge in [-0.1, -0.05) is 0 Å². The van der Waals surface area contributed by atoms with E-state index in [9.17, 15) is 4.79 Å². The SMILES string of the molecule is COC(=O)c1ccc(CNC2CCOC(C)(C)C2)nc1. The second-order valence-corrected chi connectivity index (χ2v) is 5.71. The summed E-state index contributed by atoms with van der Waals surface area (Å²) < 4.78 is 10.3. The van der Waals surface area contributed by atoms with E-state index in [4.69, 9.17) is 4.74 Å². The summed E-state index contributed by atoms with van der Waals surface area (Å²) in [4.78, 5) is 15.6. The van der Waals surface area contributed by atoms with Crippen LogP contribution >= 0.6 is 0 Å². The molecule has 0 radical (unpaired) electrons. The molecular weight excluding hydrogens is 256 g/mol. The topological polar surface area (TPSA) is 60.5 Å². The second kappa shape index (κ2) is 6.33. The van der Waals surface area contributed by atoms with E-state index >= 15 is 0 Å². The Hall–Kier alpha value is -1.46. The normalized spacial score (nSPS) is 21.4. The zero-order valence-electron chi connectivity index (χ0n) is 12.3. The van der Waals surface area contributed by atoms with E-state index in [1.54, 1.807) is 12.3 Å². The quantitative estimate of drug-likeness (QED) is 0.853. The highest BCUT2D eigenvalue weighted by Gasteiger charge is 2.28. The summed E-state index contributed by atoms with van der Waals surface area (Å²) >= 11 is 0. The maximum atomic E-state index is 11.3. The molecule has 1 atom stereocenters. The number of nitrogens with zero attached hydrogens (tertiary/aromatic N) is 1. The van der Waals surface area contributed by atoms with Gasteiger partial charge >= 0.3 is 5.97 Å². The number of esters is 1. The number of carbonyl (C=O) groups is 1. The van der Waals surface area contributed by atoms with E-state index in [0.717, 1.165) is 25.1 Å². The molecule has 0 amide bonds. The minimum atomic E-state index is -0.358. The van der Waals surface area contributed by atoms with E-state index < -0.39 is 0 Å². The van der Waals surface area contributed by atoms with Crippen molar-refractivity contribution in [2.75, 3.05) is 13.7 Å². The highest BCUT2D eigenvalue weighted by Crippen LogP contribution is 2.24. The molecule has 1 aliphatic rings. The zero-order valence-corrected chi connectivity index (χ0v) is 12.3. The average molecular weight is 278 g/mol. The van der Waals surface area contributed by atoms with Gasteiger partial charge in [0.25, 0.3) is 0 Å². The monoisotopic (exact) mass is 278 g/mol. The minimum Gasteiger partial charge on any atom is -0.465 e. The molecule has 0 bridgehead atoms. The van der Waals surface area contributed by atoms with Gasteiger partial charge in [-0.25, -0.2) is 4.79 Å². The first-order chi connectivity index (χ1) is 9.50. The Morgan fingerprint density at radius 1 is 1.55 bits per heavy atom. The van der Waals surface area contributed by atoms with E-state index in [1.807, 2.05) is 6.07 Å². The number of hydrogen-bond donors (Lipinski definition) is 1. The lowest BCUT2D eigenvalue weighted by atomic mass is 9.94. The van der Waals surface area contributed by atoms with Crippen LogP contribution in [0, 0.1) is 0 Å². The van der Waals surface area contributed by atoms with Crippen LogP contribution in [0.3, 0.4) is 0 Å². The Labute approximate surface area is 119 Å². The third-order valence-electron chi connectivity index (χ3n) is 3.51. The molecule has 0 aromatic carbocycles. The van der Waals surface area contributed by atoms with Crippen LogP contribution in [0.25, 0.3) is 0 Å². The highest BCUT2D eigenvalue weighted by atomic mass is 16.5. The van der Waals surface area contributed by atoms with Gasteiger partial charge in [0.15, 0.2) is 0 Å². The van der Waals surface area contributed by atoms with Gasteiger partial charge in [-0.3, -0.25) is 4.98 Å². The van der Waals surface area contributed by atoms with Crippen LogP contribution in [0.2, 0.25) is 0 Å². The molecule has 1 aromatic heterocycles. The summed E-state index contributed by atoms with van der Waals surface area (Å²) in [5.74, 6) is -0.358. The first-order valence-electron chi connectivity index (χ1n) is 6.91. The van der Waals surface area contributed by atoms with Crippen LogP contribution in [-0.4, -0.2) is 36.3 Å². The third kappa shape index (κ3) is 4.02. The molecule has 110 valence electrons. The fourth-order valence-corrected chi connectivity index (χ4v) is 2.42. The van der Waals surface area contributed by atoms with Gasteiger partial charge in [-0.05, 0) is 38.8 Å². The first-order valence-corrected chi connectivity index (χ1v) is 6.91. The largest absolute Gasteiger partial charge is 0.465 e. The Balaban J connectivity index is 1.86. The summed E-state index contributed by atoms with van der Waals surface area (Å²) in [6.07, 6.45) is 3.56. The lowest BCUT2D eigenvalue weighted by Gasteiger charge is -2.35. The number of hydrogen-bond acceptors (Lipinski definition) is 5. The second-order valence-electron chi connectivity index (χ2n) is 5.71. The fourth-order valence-electron chi connectivity index (χ4n) is 2.42. The summed E-state index contributed by atoms with van der Waals surface area (Å²) in [5, 5.41) is 3.50. The molecule has 5 nitrogen and oxygen atoms in total. The van der Waals surface area contributed by atoms with Crippen molar-refractivity contribution < 1.29 is 14.3 Å². The molecule has 2 rings (SSSR count). The van der Waals surface area contributed by atoms with Crippen molar-refractivity contribution in [3.05, 3.63) is 29.6 Å². The smallest absolute Gasteiger partial charge is 0.339 e. The molecule has 1 saturated heterocycles. The molecule has 0 aliphatic carbocycles. The molecule has 1 fully saturated rings. The van der Waals surface area contributed by atoms with Crippen LogP contribution in [0.4, 0.5) is 0 Å². The van der Waals surface area contributed by atoms with Crippen LogP contribution in [-0.2, 0) is 16.0 Å². The Kier molecular flexibility index (Phi) is 4.73. The van der Waals surface area contributed by atoms with Gasteiger partial charge in [0, 0.05) is 25.4 Å². The molecule has 1 aliphatic heterocycles. The third-order valence-corrected chi connectivity index (χ3v) is 3.51. The summed E-state index contributed by atoms with van der Waals surface area (Å²) in [7, 11) is 1.37. The summed E-state index contributed by atoms with van der Waals surface area (Å²) in [5.41, 5.74) is 1.34. The number of ether oxygens (including phenoxy) is 2. The predicted octanol–water partition coefficient (Wildman–Crippen LogP) is 1.92. The predicted molar refractivity (Wildman–Crippen MR) is 75.5 cm³/mol. The van der Waals surface area contributed by atoms with E-state index in [2.05, 4.69) is 28.9 Å². The van der Waals surface area contributed by atoms with Crippen LogP contribution in [0.1, 0.15) is 42.7 Å². The van der Waals surface area contributed by atoms with Crippen molar-refractivity contribution in [3.63, 3.8) is 0 Å². The van der Waals surface area contributed by atoms with Gasteiger partial charge in [0.05, 0.1) is 24.0 Å². The maximum absolute atomic E-state index is 11.3. The van der Waals surface area contributed by atoms with E-state index in [0.29, 0.717) is 18.2 Å². The fraction of sp³-hybridized carbons (Fsp3) is 0.600. The van der Waals surface area contributed by atoms with Crippen molar-refractivity contribution in [1.29, 1.82) is 0 Å². The number of rotatable bonds is 4. The molecule has 2 heterocycles. The van der Waals surface area contributed by atoms with Crippen LogP contribution in [0.15, 0.2) is 18.3 Å². The van der Waals surface area contributed by atoms with Crippen molar-refractivity contribution in [2.24, 2.45) is 0 Å². The number of nitrogens with one attached hydrogen (secondary N) is 1. The van der Waals surface area contributed by atoms with Crippen LogP contribution < -0.4 is 5.32 Å². The highest BCUT2D eigenvalue weighted by molar-refractivity contribution is 5.88. The summed E-state index contributed by atoms with van der Waals surface area (Å²) in [6.45, 7) is 5.72. The molecule has 0 spiro atoms. The number of aromatic nitrogens is 1. The Morgan fingerprint density at radius 2 is 2.35 bits per heavy atom. The number of pyridine rings is 1. The Morgan fingerprint density at radius 3 is 2.95 bits per heavy atom. The molecule has 20 heavy (non-hydrogen) atoms. The molecular formula is C15H22N2O3. The lowest BCUT2D eigenvalue weighted by Crippen LogP contribution is -2.43. The van der Waals surface area contributed by atoms with Gasteiger partial charge in [0.1, 0.15) is 0 Å². The molecule has 1 unspecified atom stereocenters. The number of methoxy groups -OCH3 is 1. The summed E-state index contributed by atoms with van der Waals surface area (Å²) in [6, 6.07) is 4.04. The van der Waals surface area contributed by atoms with Gasteiger partial charge < -0.3 is 14.8 Å². The van der Waals surface area contributed by atoms with Crippen molar-refractivity contribution in [1.82, 2.24) is 10.3 Å². The molecule has 5 heteroatoms. The van der Waals surface area contributed by atoms with Gasteiger partial charge in [0.2, 0.25) is 0 Å². The van der Waals surface area contributed by atoms with Gasteiger partial charge in [-0.2, -0.15) is 0 Å². The van der Waals surface area contributed by atoms with E-state index in [-0.39, 0.29) is 11.6 Å². The standard InChI is InChI=1S/C15H22N2O3/c1-15(2)8-12(6-7-20-15)17-10-13-5-4-11(9-16-13)14(18)19-3/h4-5,9,12,17H,6-8,10H2,1-3H3. The van der Waals surface area contributed by atoms with Gasteiger partial charge in [-0.15, -0.1) is 0 Å². The van der Waals surface area contributed by atoms with E-state index in [1.165, 1.54) is 7.11 Å². The zero-order chi connectivity index (χ0) is 14.6. The van der Waals surface area contributed by atoms with Crippen LogP contribution in [0.5, 0.6) is 0 Å². The van der Waals surface area contributed by atoms with Crippen molar-refractivity contribution in [3.8, 4) is 0 Å². The number of carbonyl (C=O) groups excluding carboxylic acids is 1. The lowest BCUT2D eigenvalue weighted by molar-refractivity contribution is -0.0631.